The first-order valence-corrected chi connectivity index (χ1v) is 7.74. The Kier molecular flexibility index (Phi) is 3.51. The van der Waals surface area contributed by atoms with E-state index in [1.54, 1.807) is 23.1 Å². The van der Waals surface area contributed by atoms with Crippen LogP contribution in [0.3, 0.4) is 0 Å². The molecule has 1 aromatic heterocycles. The second-order valence-electron chi connectivity index (χ2n) is 4.98. The fourth-order valence-corrected chi connectivity index (χ4v) is 3.59. The van der Waals surface area contributed by atoms with Crippen LogP contribution in [0.1, 0.15) is 38.1 Å². The largest absolute Gasteiger partial charge is 0.478 e. The standard InChI is InChI=1S/C16H15NO3S/c1-2-10-6-8-21-14(10)15(18)17-7-5-11-3-4-12(16(19)20)9-13(11)17/h3-4,6,8-9H,2,5,7H2,1H3,(H,19,20). The van der Waals surface area contributed by atoms with Gasteiger partial charge in [0.15, 0.2) is 0 Å². The van der Waals surface area contributed by atoms with Crippen LogP contribution < -0.4 is 4.90 Å². The van der Waals surface area contributed by atoms with Crippen LogP contribution in [0.15, 0.2) is 29.6 Å². The summed E-state index contributed by atoms with van der Waals surface area (Å²) in [6.45, 7) is 2.64. The number of fused-ring (bicyclic) bond motifs is 1. The molecule has 0 saturated carbocycles. The summed E-state index contributed by atoms with van der Waals surface area (Å²) in [5, 5.41) is 11.0. The van der Waals surface area contributed by atoms with Gasteiger partial charge in [0.2, 0.25) is 0 Å². The number of carbonyl (C=O) groups excluding carboxylic acids is 1. The summed E-state index contributed by atoms with van der Waals surface area (Å²) in [5.74, 6) is -0.995. The summed E-state index contributed by atoms with van der Waals surface area (Å²) in [6.07, 6.45) is 1.59. The molecular formula is C16H15NO3S. The molecule has 2 heterocycles. The van der Waals surface area contributed by atoms with Gasteiger partial charge in [-0.3, -0.25) is 4.79 Å². The molecule has 0 atom stereocenters. The summed E-state index contributed by atoms with van der Waals surface area (Å²) in [4.78, 5) is 26.3. The Labute approximate surface area is 126 Å². The molecule has 3 rings (SSSR count). The molecule has 0 unspecified atom stereocenters. The molecule has 2 aromatic rings. The lowest BCUT2D eigenvalue weighted by atomic mass is 10.1. The quantitative estimate of drug-likeness (QED) is 0.947. The van der Waals surface area contributed by atoms with E-state index in [4.69, 9.17) is 5.11 Å². The van der Waals surface area contributed by atoms with Crippen molar-refractivity contribution in [1.82, 2.24) is 0 Å². The van der Waals surface area contributed by atoms with Crippen LogP contribution in [0.4, 0.5) is 5.69 Å². The number of rotatable bonds is 3. The zero-order valence-corrected chi connectivity index (χ0v) is 12.4. The Balaban J connectivity index is 1.98. The van der Waals surface area contributed by atoms with Gasteiger partial charge in [0, 0.05) is 12.2 Å². The number of carbonyl (C=O) groups is 2. The molecule has 1 amide bonds. The number of benzene rings is 1. The van der Waals surface area contributed by atoms with Crippen molar-refractivity contribution < 1.29 is 14.7 Å². The molecule has 0 bridgehead atoms. The highest BCUT2D eigenvalue weighted by molar-refractivity contribution is 7.12. The van der Waals surface area contributed by atoms with E-state index in [0.717, 1.165) is 34.5 Å². The number of aromatic carboxylic acids is 1. The molecule has 0 saturated heterocycles. The number of anilines is 1. The van der Waals surface area contributed by atoms with Crippen molar-refractivity contribution in [3.63, 3.8) is 0 Å². The van der Waals surface area contributed by atoms with Gasteiger partial charge in [-0.2, -0.15) is 0 Å². The van der Waals surface area contributed by atoms with Crippen molar-refractivity contribution in [2.75, 3.05) is 11.4 Å². The highest BCUT2D eigenvalue weighted by Gasteiger charge is 2.28. The molecule has 21 heavy (non-hydrogen) atoms. The summed E-state index contributed by atoms with van der Waals surface area (Å²) in [7, 11) is 0. The molecule has 1 aromatic carbocycles. The number of thiophene rings is 1. The maximum atomic E-state index is 12.7. The maximum Gasteiger partial charge on any atom is 0.335 e. The lowest BCUT2D eigenvalue weighted by Crippen LogP contribution is -2.29. The van der Waals surface area contributed by atoms with Gasteiger partial charge in [-0.05, 0) is 47.5 Å². The number of amides is 1. The molecular weight excluding hydrogens is 286 g/mol. The summed E-state index contributed by atoms with van der Waals surface area (Å²) < 4.78 is 0. The Morgan fingerprint density at radius 2 is 2.14 bits per heavy atom. The third kappa shape index (κ3) is 2.34. The van der Waals surface area contributed by atoms with Gasteiger partial charge >= 0.3 is 5.97 Å². The number of hydrogen-bond donors (Lipinski definition) is 1. The predicted octanol–water partition coefficient (Wildman–Crippen LogP) is 3.21. The van der Waals surface area contributed by atoms with Crippen LogP contribution in [0.5, 0.6) is 0 Å². The van der Waals surface area contributed by atoms with Crippen LogP contribution >= 0.6 is 11.3 Å². The topological polar surface area (TPSA) is 57.6 Å². The number of aryl methyl sites for hydroxylation is 1. The van der Waals surface area contributed by atoms with E-state index < -0.39 is 5.97 Å². The molecule has 1 aliphatic rings. The van der Waals surface area contributed by atoms with Gasteiger partial charge in [0.05, 0.1) is 10.4 Å². The lowest BCUT2D eigenvalue weighted by molar-refractivity contribution is 0.0696. The second-order valence-corrected chi connectivity index (χ2v) is 5.90. The van der Waals surface area contributed by atoms with Crippen molar-refractivity contribution >= 4 is 28.9 Å². The lowest BCUT2D eigenvalue weighted by Gasteiger charge is -2.17. The second kappa shape index (κ2) is 5.33. The Bertz CT molecular complexity index is 720. The predicted molar refractivity (Wildman–Crippen MR) is 82.5 cm³/mol. The van der Waals surface area contributed by atoms with Crippen molar-refractivity contribution in [3.8, 4) is 0 Å². The molecule has 1 aliphatic heterocycles. The van der Waals surface area contributed by atoms with Crippen LogP contribution in [0, 0.1) is 0 Å². The maximum absolute atomic E-state index is 12.7. The van der Waals surface area contributed by atoms with Crippen molar-refractivity contribution in [2.24, 2.45) is 0 Å². The molecule has 0 aliphatic carbocycles. The third-order valence-electron chi connectivity index (χ3n) is 3.79. The Hall–Kier alpha value is -2.14. The first kappa shape index (κ1) is 13.8. The highest BCUT2D eigenvalue weighted by atomic mass is 32.1. The Morgan fingerprint density at radius 3 is 2.86 bits per heavy atom. The van der Waals surface area contributed by atoms with Crippen molar-refractivity contribution in [3.05, 3.63) is 51.2 Å². The molecule has 0 radical (unpaired) electrons. The van der Waals surface area contributed by atoms with Crippen LogP contribution in [-0.2, 0) is 12.8 Å². The summed E-state index contributed by atoms with van der Waals surface area (Å²) in [6, 6.07) is 6.98. The van der Waals surface area contributed by atoms with Gasteiger partial charge < -0.3 is 10.0 Å². The minimum absolute atomic E-state index is 0.0249. The number of carboxylic acids is 1. The molecule has 0 spiro atoms. The van der Waals surface area contributed by atoms with Crippen LogP contribution in [0.25, 0.3) is 0 Å². The van der Waals surface area contributed by atoms with E-state index in [0.29, 0.717) is 6.54 Å². The van der Waals surface area contributed by atoms with Gasteiger partial charge in [0.25, 0.3) is 5.91 Å². The molecule has 5 heteroatoms. The van der Waals surface area contributed by atoms with Crippen LogP contribution in [-0.4, -0.2) is 23.5 Å². The minimum Gasteiger partial charge on any atom is -0.478 e. The highest BCUT2D eigenvalue weighted by Crippen LogP contribution is 2.32. The van der Waals surface area contributed by atoms with Crippen molar-refractivity contribution in [2.45, 2.75) is 19.8 Å². The van der Waals surface area contributed by atoms with Gasteiger partial charge in [-0.25, -0.2) is 4.79 Å². The van der Waals surface area contributed by atoms with Gasteiger partial charge in [-0.1, -0.05) is 13.0 Å². The van der Waals surface area contributed by atoms with E-state index in [1.807, 2.05) is 18.4 Å². The summed E-state index contributed by atoms with van der Waals surface area (Å²) >= 11 is 1.45. The zero-order chi connectivity index (χ0) is 15.0. The van der Waals surface area contributed by atoms with E-state index in [1.165, 1.54) is 11.3 Å². The smallest absolute Gasteiger partial charge is 0.335 e. The van der Waals surface area contributed by atoms with E-state index in [-0.39, 0.29) is 11.5 Å². The normalized spacial score (nSPS) is 13.3. The fourth-order valence-electron chi connectivity index (χ4n) is 2.65. The van der Waals surface area contributed by atoms with E-state index in [2.05, 4.69) is 0 Å². The average molecular weight is 301 g/mol. The summed E-state index contributed by atoms with van der Waals surface area (Å²) in [5.41, 5.74) is 3.03. The van der Waals surface area contributed by atoms with E-state index in [9.17, 15) is 9.59 Å². The Morgan fingerprint density at radius 1 is 1.33 bits per heavy atom. The van der Waals surface area contributed by atoms with Gasteiger partial charge in [0.1, 0.15) is 0 Å². The van der Waals surface area contributed by atoms with E-state index >= 15 is 0 Å². The fraction of sp³-hybridized carbons (Fsp3) is 0.250. The monoisotopic (exact) mass is 301 g/mol. The molecule has 1 N–H and O–H groups in total. The first-order chi connectivity index (χ1) is 10.1. The number of hydrogen-bond acceptors (Lipinski definition) is 3. The first-order valence-electron chi connectivity index (χ1n) is 6.86. The third-order valence-corrected chi connectivity index (χ3v) is 4.74. The number of carboxylic acid groups (broad SMARTS) is 1. The molecule has 108 valence electrons. The minimum atomic E-state index is -0.970. The molecule has 4 nitrogen and oxygen atoms in total. The van der Waals surface area contributed by atoms with Gasteiger partial charge in [-0.15, -0.1) is 11.3 Å². The number of nitrogens with zero attached hydrogens (tertiary/aromatic N) is 1. The molecule has 0 fully saturated rings. The van der Waals surface area contributed by atoms with Crippen molar-refractivity contribution in [1.29, 1.82) is 0 Å². The zero-order valence-electron chi connectivity index (χ0n) is 11.6. The van der Waals surface area contributed by atoms with Crippen LogP contribution in [0.2, 0.25) is 0 Å². The SMILES string of the molecule is CCc1ccsc1C(=O)N1CCc2ccc(C(=O)O)cc21. The average Bonchev–Trinajstić information content (AvgIpc) is 3.12.